The number of hydrogen-bond acceptors (Lipinski definition) is 4. The van der Waals surface area contributed by atoms with E-state index in [1.165, 1.54) is 18.6 Å². The molecule has 0 atom stereocenters. The van der Waals surface area contributed by atoms with Crippen molar-refractivity contribution in [2.75, 3.05) is 4.72 Å². The SMILES string of the molecule is Cc1nc(S(=O)(=O)Nc2ccncc2Br)cn1C. The molecule has 96 valence electrons. The Kier molecular flexibility index (Phi) is 3.40. The van der Waals surface area contributed by atoms with Crippen LogP contribution in [0.1, 0.15) is 5.82 Å². The highest BCUT2D eigenvalue weighted by Crippen LogP contribution is 2.23. The Hall–Kier alpha value is -1.41. The zero-order valence-corrected chi connectivity index (χ0v) is 12.2. The molecule has 0 saturated heterocycles. The fourth-order valence-electron chi connectivity index (χ4n) is 1.31. The van der Waals surface area contributed by atoms with Crippen LogP contribution in [-0.2, 0) is 17.1 Å². The maximum atomic E-state index is 12.1. The van der Waals surface area contributed by atoms with Crippen molar-refractivity contribution in [3.8, 4) is 0 Å². The highest BCUT2D eigenvalue weighted by Gasteiger charge is 2.19. The molecule has 0 aliphatic carbocycles. The van der Waals surface area contributed by atoms with Crippen LogP contribution in [0.4, 0.5) is 5.69 Å². The van der Waals surface area contributed by atoms with E-state index in [2.05, 4.69) is 30.6 Å². The van der Waals surface area contributed by atoms with Crippen LogP contribution in [0.25, 0.3) is 0 Å². The third-order valence-corrected chi connectivity index (χ3v) is 4.25. The van der Waals surface area contributed by atoms with E-state index in [-0.39, 0.29) is 5.03 Å². The first-order valence-electron chi connectivity index (χ1n) is 5.02. The second kappa shape index (κ2) is 4.69. The predicted octanol–water partition coefficient (Wildman–Crippen LogP) is 1.69. The van der Waals surface area contributed by atoms with E-state index in [0.29, 0.717) is 16.0 Å². The number of anilines is 1. The average Bonchev–Trinajstić information content (AvgIpc) is 2.63. The van der Waals surface area contributed by atoms with Gasteiger partial charge in [-0.1, -0.05) is 0 Å². The molecule has 2 aromatic rings. The second-order valence-corrected chi connectivity index (χ2v) is 6.18. The highest BCUT2D eigenvalue weighted by atomic mass is 79.9. The minimum absolute atomic E-state index is 0.00814. The minimum Gasteiger partial charge on any atom is -0.337 e. The molecule has 0 unspecified atom stereocenters. The fraction of sp³-hybridized carbons (Fsp3) is 0.200. The van der Waals surface area contributed by atoms with Crippen LogP contribution >= 0.6 is 15.9 Å². The van der Waals surface area contributed by atoms with Gasteiger partial charge in [-0.25, -0.2) is 4.98 Å². The lowest BCUT2D eigenvalue weighted by molar-refractivity contribution is 0.598. The van der Waals surface area contributed by atoms with Gasteiger partial charge in [-0.2, -0.15) is 8.42 Å². The number of halogens is 1. The third-order valence-electron chi connectivity index (χ3n) is 2.38. The molecule has 2 rings (SSSR count). The molecule has 0 amide bonds. The monoisotopic (exact) mass is 330 g/mol. The molecular weight excluding hydrogens is 320 g/mol. The number of nitrogens with one attached hydrogen (secondary N) is 1. The van der Waals surface area contributed by atoms with E-state index in [9.17, 15) is 8.42 Å². The normalized spacial score (nSPS) is 11.5. The Morgan fingerprint density at radius 2 is 2.17 bits per heavy atom. The Morgan fingerprint density at radius 3 is 2.72 bits per heavy atom. The van der Waals surface area contributed by atoms with E-state index in [0.717, 1.165) is 0 Å². The molecule has 0 spiro atoms. The summed E-state index contributed by atoms with van der Waals surface area (Å²) in [6, 6.07) is 1.57. The first kappa shape index (κ1) is 13.0. The Morgan fingerprint density at radius 1 is 1.44 bits per heavy atom. The quantitative estimate of drug-likeness (QED) is 0.928. The van der Waals surface area contributed by atoms with Gasteiger partial charge in [-0.05, 0) is 28.9 Å². The fourth-order valence-corrected chi connectivity index (χ4v) is 2.91. The van der Waals surface area contributed by atoms with Crippen LogP contribution in [0.2, 0.25) is 0 Å². The molecule has 2 heterocycles. The van der Waals surface area contributed by atoms with Gasteiger partial charge in [-0.15, -0.1) is 0 Å². The number of nitrogens with zero attached hydrogens (tertiary/aromatic N) is 3. The molecule has 0 radical (unpaired) electrons. The number of rotatable bonds is 3. The van der Waals surface area contributed by atoms with Crippen molar-refractivity contribution < 1.29 is 8.42 Å². The van der Waals surface area contributed by atoms with Gasteiger partial charge in [0, 0.05) is 25.6 Å². The summed E-state index contributed by atoms with van der Waals surface area (Å²) in [6.45, 7) is 1.74. The molecule has 2 aromatic heterocycles. The maximum Gasteiger partial charge on any atom is 0.280 e. The molecule has 1 N–H and O–H groups in total. The molecule has 0 aliphatic heterocycles. The smallest absolute Gasteiger partial charge is 0.280 e. The molecule has 0 fully saturated rings. The van der Waals surface area contributed by atoms with Crippen LogP contribution < -0.4 is 4.72 Å². The van der Waals surface area contributed by atoms with E-state index in [1.807, 2.05) is 0 Å². The Bertz CT molecular complexity index is 661. The number of sulfonamides is 1. The van der Waals surface area contributed by atoms with Crippen LogP contribution in [-0.4, -0.2) is 23.0 Å². The lowest BCUT2D eigenvalue weighted by Crippen LogP contribution is -2.13. The topological polar surface area (TPSA) is 76.9 Å². The van der Waals surface area contributed by atoms with Crippen LogP contribution in [0.5, 0.6) is 0 Å². The van der Waals surface area contributed by atoms with Crippen molar-refractivity contribution in [2.24, 2.45) is 7.05 Å². The highest BCUT2D eigenvalue weighted by molar-refractivity contribution is 9.10. The lowest BCUT2D eigenvalue weighted by atomic mass is 10.4. The molecule has 0 aliphatic rings. The lowest BCUT2D eigenvalue weighted by Gasteiger charge is -2.06. The summed E-state index contributed by atoms with van der Waals surface area (Å²) in [4.78, 5) is 7.85. The van der Waals surface area contributed by atoms with Gasteiger partial charge in [0.1, 0.15) is 5.82 Å². The van der Waals surface area contributed by atoms with Crippen molar-refractivity contribution in [3.63, 3.8) is 0 Å². The number of pyridine rings is 1. The molecule has 6 nitrogen and oxygen atoms in total. The number of aromatic nitrogens is 3. The van der Waals surface area contributed by atoms with Gasteiger partial charge in [0.25, 0.3) is 10.0 Å². The Balaban J connectivity index is 2.36. The zero-order chi connectivity index (χ0) is 13.3. The van der Waals surface area contributed by atoms with E-state index < -0.39 is 10.0 Å². The largest absolute Gasteiger partial charge is 0.337 e. The summed E-state index contributed by atoms with van der Waals surface area (Å²) in [5.74, 6) is 0.629. The van der Waals surface area contributed by atoms with Crippen molar-refractivity contribution in [1.29, 1.82) is 0 Å². The summed E-state index contributed by atoms with van der Waals surface area (Å²) in [7, 11) is -1.94. The van der Waals surface area contributed by atoms with Gasteiger partial charge in [0.05, 0.1) is 10.2 Å². The van der Waals surface area contributed by atoms with Crippen LogP contribution in [0, 0.1) is 6.92 Å². The second-order valence-electron chi connectivity index (χ2n) is 3.70. The summed E-state index contributed by atoms with van der Waals surface area (Å²) in [6.07, 6.45) is 4.49. The molecule has 8 heteroatoms. The van der Waals surface area contributed by atoms with E-state index in [1.54, 1.807) is 24.6 Å². The first-order valence-corrected chi connectivity index (χ1v) is 7.30. The maximum absolute atomic E-state index is 12.1. The minimum atomic E-state index is -3.68. The summed E-state index contributed by atoms with van der Waals surface area (Å²) in [5.41, 5.74) is 0.424. The van der Waals surface area contributed by atoms with Crippen LogP contribution in [0.3, 0.4) is 0 Å². The number of hydrogen-bond donors (Lipinski definition) is 1. The van der Waals surface area contributed by atoms with Gasteiger partial charge in [0.2, 0.25) is 0 Å². The molecule has 0 bridgehead atoms. The molecule has 0 aromatic carbocycles. The van der Waals surface area contributed by atoms with Gasteiger partial charge >= 0.3 is 0 Å². The van der Waals surface area contributed by atoms with Gasteiger partial charge in [0.15, 0.2) is 5.03 Å². The molecular formula is C10H11BrN4O2S. The van der Waals surface area contributed by atoms with Crippen molar-refractivity contribution in [2.45, 2.75) is 11.9 Å². The Labute approximate surface area is 113 Å². The van der Waals surface area contributed by atoms with Crippen molar-refractivity contribution in [3.05, 3.63) is 35.0 Å². The van der Waals surface area contributed by atoms with Crippen LogP contribution in [0.15, 0.2) is 34.2 Å². The first-order chi connectivity index (χ1) is 8.40. The molecule has 0 saturated carbocycles. The summed E-state index contributed by atoms with van der Waals surface area (Å²) < 4.78 is 28.9. The summed E-state index contributed by atoms with van der Waals surface area (Å²) in [5, 5.41) is -0.00814. The standard InChI is InChI=1S/C10H11BrN4O2S/c1-7-13-10(6-15(7)2)18(16,17)14-9-3-4-12-5-8(9)11/h3-6H,1-2H3,(H,12,14). The van der Waals surface area contributed by atoms with Crippen molar-refractivity contribution in [1.82, 2.24) is 14.5 Å². The van der Waals surface area contributed by atoms with Gasteiger partial charge in [-0.3, -0.25) is 9.71 Å². The number of aryl methyl sites for hydroxylation is 2. The zero-order valence-electron chi connectivity index (χ0n) is 9.75. The third kappa shape index (κ3) is 2.54. The number of imidazole rings is 1. The average molecular weight is 331 g/mol. The van der Waals surface area contributed by atoms with E-state index >= 15 is 0 Å². The molecule has 18 heavy (non-hydrogen) atoms. The van der Waals surface area contributed by atoms with Gasteiger partial charge < -0.3 is 4.57 Å². The van der Waals surface area contributed by atoms with E-state index in [4.69, 9.17) is 0 Å². The predicted molar refractivity (Wildman–Crippen MR) is 70.7 cm³/mol. The summed E-state index contributed by atoms with van der Waals surface area (Å²) >= 11 is 3.23. The van der Waals surface area contributed by atoms with Crippen molar-refractivity contribution >= 4 is 31.6 Å².